The molecule has 0 spiro atoms. The summed E-state index contributed by atoms with van der Waals surface area (Å²) < 4.78 is 0. The fourth-order valence-corrected chi connectivity index (χ4v) is 1.77. The van der Waals surface area contributed by atoms with Crippen molar-refractivity contribution in [1.29, 1.82) is 0 Å². The zero-order chi connectivity index (χ0) is 13.7. The maximum Gasteiger partial charge on any atom is 0.248 e. The Morgan fingerprint density at radius 3 is 2.84 bits per heavy atom. The first-order valence-electron chi connectivity index (χ1n) is 6.17. The molecular formula is C16H16N2O. The summed E-state index contributed by atoms with van der Waals surface area (Å²) in [6, 6.07) is 9.71. The number of rotatable bonds is 3. The van der Waals surface area contributed by atoms with Crippen LogP contribution in [0.15, 0.2) is 54.6 Å². The van der Waals surface area contributed by atoms with E-state index in [-0.39, 0.29) is 5.91 Å². The second kappa shape index (κ2) is 5.96. The Labute approximate surface area is 112 Å². The molecule has 1 N–H and O–H groups in total. The van der Waals surface area contributed by atoms with E-state index < -0.39 is 0 Å². The molecule has 0 atom stereocenters. The topological polar surface area (TPSA) is 42.0 Å². The normalized spacial score (nSPS) is 11.5. The van der Waals surface area contributed by atoms with Crippen molar-refractivity contribution in [2.45, 2.75) is 13.8 Å². The molecule has 0 aliphatic rings. The molecule has 0 unspecified atom stereocenters. The van der Waals surface area contributed by atoms with Gasteiger partial charge in [0.1, 0.15) is 0 Å². The number of para-hydroxylation sites is 1. The minimum absolute atomic E-state index is 0.158. The summed E-state index contributed by atoms with van der Waals surface area (Å²) in [7, 11) is 0. The van der Waals surface area contributed by atoms with Gasteiger partial charge in [-0.2, -0.15) is 0 Å². The lowest BCUT2D eigenvalue weighted by atomic mass is 10.1. The molecule has 0 saturated carbocycles. The van der Waals surface area contributed by atoms with Gasteiger partial charge in [-0.3, -0.25) is 9.78 Å². The predicted octanol–water partition coefficient (Wildman–Crippen LogP) is 3.61. The molecule has 3 nitrogen and oxygen atoms in total. The van der Waals surface area contributed by atoms with Gasteiger partial charge in [0.15, 0.2) is 0 Å². The first-order chi connectivity index (χ1) is 9.20. The van der Waals surface area contributed by atoms with E-state index in [0.29, 0.717) is 0 Å². The van der Waals surface area contributed by atoms with E-state index >= 15 is 0 Å². The number of allylic oxidation sites excluding steroid dienone is 3. The van der Waals surface area contributed by atoms with Gasteiger partial charge in [0, 0.05) is 17.2 Å². The number of hydrogen-bond donors (Lipinski definition) is 1. The molecule has 1 aromatic carbocycles. The van der Waals surface area contributed by atoms with Crippen LogP contribution in [0.25, 0.3) is 10.9 Å². The second-order valence-electron chi connectivity index (χ2n) is 4.20. The number of nitrogens with one attached hydrogen (secondary N) is 1. The van der Waals surface area contributed by atoms with Gasteiger partial charge in [-0.1, -0.05) is 36.4 Å². The Hall–Kier alpha value is -2.42. The van der Waals surface area contributed by atoms with Crippen molar-refractivity contribution >= 4 is 22.5 Å². The molecule has 3 heteroatoms. The Kier molecular flexibility index (Phi) is 4.08. The maximum atomic E-state index is 11.8. The molecule has 1 heterocycles. The molecule has 0 aliphatic carbocycles. The zero-order valence-electron chi connectivity index (χ0n) is 11.1. The van der Waals surface area contributed by atoms with E-state index in [9.17, 15) is 4.79 Å². The fourth-order valence-electron chi connectivity index (χ4n) is 1.77. The van der Waals surface area contributed by atoms with Crippen LogP contribution in [0, 0.1) is 6.92 Å². The monoisotopic (exact) mass is 252 g/mol. The fraction of sp³-hybridized carbons (Fsp3) is 0.125. The minimum Gasteiger partial charge on any atom is -0.321 e. The third-order valence-corrected chi connectivity index (χ3v) is 2.67. The van der Waals surface area contributed by atoms with E-state index in [1.807, 2.05) is 56.3 Å². The zero-order valence-corrected chi connectivity index (χ0v) is 11.1. The van der Waals surface area contributed by atoms with Gasteiger partial charge < -0.3 is 5.32 Å². The third-order valence-electron chi connectivity index (χ3n) is 2.67. The Bertz CT molecular complexity index is 657. The number of aryl methyl sites for hydroxylation is 1. The largest absolute Gasteiger partial charge is 0.321 e. The van der Waals surface area contributed by atoms with Gasteiger partial charge in [0.05, 0.1) is 11.2 Å². The molecule has 0 fully saturated rings. The standard InChI is InChI=1S/C16H16N2O/c1-3-4-5-9-15(19)18-14-8-6-7-13-11-10-12(2)17-16(13)14/h3-11H,1-2H3,(H,18,19)/b4-3+,9-5+. The molecule has 2 aromatic rings. The summed E-state index contributed by atoms with van der Waals surface area (Å²) in [4.78, 5) is 16.2. The van der Waals surface area contributed by atoms with Crippen molar-refractivity contribution in [3.8, 4) is 0 Å². The molecule has 0 aliphatic heterocycles. The van der Waals surface area contributed by atoms with E-state index in [2.05, 4.69) is 10.3 Å². The van der Waals surface area contributed by atoms with Crippen LogP contribution in [0.4, 0.5) is 5.69 Å². The number of carbonyl (C=O) groups excluding carboxylic acids is 1. The van der Waals surface area contributed by atoms with Gasteiger partial charge >= 0.3 is 0 Å². The number of anilines is 1. The molecule has 0 bridgehead atoms. The van der Waals surface area contributed by atoms with Crippen LogP contribution in [0.3, 0.4) is 0 Å². The number of pyridine rings is 1. The highest BCUT2D eigenvalue weighted by Crippen LogP contribution is 2.21. The van der Waals surface area contributed by atoms with Gasteiger partial charge in [0.2, 0.25) is 5.91 Å². The summed E-state index contributed by atoms with van der Waals surface area (Å²) in [6.07, 6.45) is 6.88. The SMILES string of the molecule is C/C=C/C=C/C(=O)Nc1cccc2ccc(C)nc12. The summed E-state index contributed by atoms with van der Waals surface area (Å²) in [5.41, 5.74) is 2.48. The molecule has 1 aromatic heterocycles. The summed E-state index contributed by atoms with van der Waals surface area (Å²) in [5, 5.41) is 3.86. The summed E-state index contributed by atoms with van der Waals surface area (Å²) in [5.74, 6) is -0.158. The summed E-state index contributed by atoms with van der Waals surface area (Å²) >= 11 is 0. The summed E-state index contributed by atoms with van der Waals surface area (Å²) in [6.45, 7) is 3.84. The Balaban J connectivity index is 2.30. The van der Waals surface area contributed by atoms with Crippen molar-refractivity contribution in [3.05, 3.63) is 60.3 Å². The van der Waals surface area contributed by atoms with Crippen LogP contribution < -0.4 is 5.32 Å². The van der Waals surface area contributed by atoms with Crippen LogP contribution in [0.2, 0.25) is 0 Å². The highest BCUT2D eigenvalue weighted by Gasteiger charge is 2.04. The smallest absolute Gasteiger partial charge is 0.248 e. The van der Waals surface area contributed by atoms with Crippen LogP contribution in [-0.4, -0.2) is 10.9 Å². The van der Waals surface area contributed by atoms with E-state index in [1.165, 1.54) is 6.08 Å². The molecule has 1 amide bonds. The van der Waals surface area contributed by atoms with Crippen LogP contribution in [0.5, 0.6) is 0 Å². The van der Waals surface area contributed by atoms with Crippen molar-refractivity contribution in [2.24, 2.45) is 0 Å². The Morgan fingerprint density at radius 2 is 2.05 bits per heavy atom. The van der Waals surface area contributed by atoms with Crippen molar-refractivity contribution < 1.29 is 4.79 Å². The number of benzene rings is 1. The number of aromatic nitrogens is 1. The maximum absolute atomic E-state index is 11.8. The quantitative estimate of drug-likeness (QED) is 0.669. The van der Waals surface area contributed by atoms with E-state index in [4.69, 9.17) is 0 Å². The first-order valence-corrected chi connectivity index (χ1v) is 6.17. The third kappa shape index (κ3) is 3.28. The number of hydrogen-bond acceptors (Lipinski definition) is 2. The van der Waals surface area contributed by atoms with Crippen LogP contribution in [0.1, 0.15) is 12.6 Å². The lowest BCUT2D eigenvalue weighted by molar-refractivity contribution is -0.111. The molecular weight excluding hydrogens is 236 g/mol. The number of carbonyl (C=O) groups is 1. The molecule has 0 radical (unpaired) electrons. The van der Waals surface area contributed by atoms with Crippen molar-refractivity contribution in [2.75, 3.05) is 5.32 Å². The second-order valence-corrected chi connectivity index (χ2v) is 4.20. The number of amides is 1. The molecule has 96 valence electrons. The highest BCUT2D eigenvalue weighted by atomic mass is 16.1. The van der Waals surface area contributed by atoms with Crippen molar-refractivity contribution in [1.82, 2.24) is 4.98 Å². The molecule has 19 heavy (non-hydrogen) atoms. The van der Waals surface area contributed by atoms with E-state index in [0.717, 1.165) is 22.3 Å². The van der Waals surface area contributed by atoms with Gasteiger partial charge in [-0.05, 0) is 26.0 Å². The molecule has 2 rings (SSSR count). The molecule has 0 saturated heterocycles. The minimum atomic E-state index is -0.158. The van der Waals surface area contributed by atoms with Gasteiger partial charge in [0.25, 0.3) is 0 Å². The lowest BCUT2D eigenvalue weighted by Crippen LogP contribution is -2.08. The van der Waals surface area contributed by atoms with Crippen LogP contribution >= 0.6 is 0 Å². The lowest BCUT2D eigenvalue weighted by Gasteiger charge is -2.06. The van der Waals surface area contributed by atoms with Crippen LogP contribution in [-0.2, 0) is 4.79 Å². The Morgan fingerprint density at radius 1 is 1.21 bits per heavy atom. The van der Waals surface area contributed by atoms with E-state index in [1.54, 1.807) is 6.08 Å². The average Bonchev–Trinajstić information content (AvgIpc) is 2.40. The number of nitrogens with zero attached hydrogens (tertiary/aromatic N) is 1. The van der Waals surface area contributed by atoms with Crippen molar-refractivity contribution in [3.63, 3.8) is 0 Å². The van der Waals surface area contributed by atoms with Gasteiger partial charge in [-0.15, -0.1) is 0 Å². The highest BCUT2D eigenvalue weighted by molar-refractivity contribution is 6.05. The predicted molar refractivity (Wildman–Crippen MR) is 79.1 cm³/mol. The number of fused-ring (bicyclic) bond motifs is 1. The first kappa shape index (κ1) is 13.0. The average molecular weight is 252 g/mol. The van der Waals surface area contributed by atoms with Gasteiger partial charge in [-0.25, -0.2) is 0 Å².